The summed E-state index contributed by atoms with van der Waals surface area (Å²) in [4.78, 5) is 11.3. The Kier molecular flexibility index (Phi) is 4.04. The van der Waals surface area contributed by atoms with Gasteiger partial charge in [-0.15, -0.1) is 0 Å². The summed E-state index contributed by atoms with van der Waals surface area (Å²) in [6, 6.07) is 2.26. The largest absolute Gasteiger partial charge is 0.462 e. The zero-order chi connectivity index (χ0) is 18.7. The number of nitriles is 1. The van der Waals surface area contributed by atoms with Gasteiger partial charge in [0.25, 0.3) is 0 Å². The molecule has 142 valence electrons. The summed E-state index contributed by atoms with van der Waals surface area (Å²) in [6.07, 6.45) is 10.0. The minimum atomic E-state index is -1.15. The Bertz CT molecular complexity index is 694. The second kappa shape index (κ2) is 5.83. The van der Waals surface area contributed by atoms with Crippen LogP contribution in [0.15, 0.2) is 11.6 Å². The van der Waals surface area contributed by atoms with Crippen LogP contribution in [-0.4, -0.2) is 22.8 Å². The molecule has 0 aliphatic heterocycles. The van der Waals surface area contributed by atoms with Crippen molar-refractivity contribution in [3.63, 3.8) is 0 Å². The lowest BCUT2D eigenvalue weighted by Crippen LogP contribution is -2.54. The highest BCUT2D eigenvalue weighted by Gasteiger charge is 2.64. The van der Waals surface area contributed by atoms with E-state index in [0.29, 0.717) is 24.2 Å². The van der Waals surface area contributed by atoms with Crippen LogP contribution in [0.3, 0.4) is 0 Å². The standard InChI is InChI=1S/C22H31NO3/c1-14(24)26-16-6-9-20(2)15(12-16)4-5-17-18(20)7-10-21(3)19(17)8-11-22(21,25)13-23/h4,16-19,25H,5-12H2,1-3H3/t16-,17+,18-,19-,20+,21-,22-/m1/s1. The molecule has 0 saturated heterocycles. The Balaban J connectivity index is 1.61. The van der Waals surface area contributed by atoms with Gasteiger partial charge in [-0.3, -0.25) is 4.79 Å². The predicted octanol–water partition coefficient (Wildman–Crippen LogP) is 4.14. The molecule has 0 spiro atoms. The second-order valence-corrected chi connectivity index (χ2v) is 9.70. The lowest BCUT2D eigenvalue weighted by molar-refractivity contribution is -0.149. The number of hydrogen-bond acceptors (Lipinski definition) is 4. The van der Waals surface area contributed by atoms with E-state index in [1.165, 1.54) is 12.5 Å². The zero-order valence-corrected chi connectivity index (χ0v) is 16.3. The Morgan fingerprint density at radius 3 is 2.65 bits per heavy atom. The zero-order valence-electron chi connectivity index (χ0n) is 16.3. The molecule has 4 rings (SSSR count). The van der Waals surface area contributed by atoms with E-state index in [2.05, 4.69) is 26.0 Å². The molecule has 3 saturated carbocycles. The molecule has 0 amide bonds. The van der Waals surface area contributed by atoms with Gasteiger partial charge in [0.2, 0.25) is 0 Å². The molecule has 4 aliphatic carbocycles. The number of rotatable bonds is 1. The van der Waals surface area contributed by atoms with Gasteiger partial charge in [0.15, 0.2) is 5.60 Å². The number of aliphatic hydroxyl groups is 1. The minimum absolute atomic E-state index is 0.0346. The van der Waals surface area contributed by atoms with Crippen molar-refractivity contribution in [3.8, 4) is 6.07 Å². The summed E-state index contributed by atoms with van der Waals surface area (Å²) in [5.74, 6) is 1.45. The number of nitrogens with zero attached hydrogens (tertiary/aromatic N) is 1. The lowest BCUT2D eigenvalue weighted by Gasteiger charge is -2.58. The summed E-state index contributed by atoms with van der Waals surface area (Å²) in [5, 5.41) is 20.5. The number of carbonyl (C=O) groups is 1. The first-order valence-corrected chi connectivity index (χ1v) is 10.2. The van der Waals surface area contributed by atoms with E-state index >= 15 is 0 Å². The van der Waals surface area contributed by atoms with Crippen LogP contribution in [0.1, 0.15) is 72.1 Å². The van der Waals surface area contributed by atoms with Crippen LogP contribution in [-0.2, 0) is 9.53 Å². The fourth-order valence-corrected chi connectivity index (χ4v) is 7.16. The summed E-state index contributed by atoms with van der Waals surface area (Å²) in [6.45, 7) is 6.06. The minimum Gasteiger partial charge on any atom is -0.462 e. The van der Waals surface area contributed by atoms with Crippen molar-refractivity contribution in [2.75, 3.05) is 0 Å². The second-order valence-electron chi connectivity index (χ2n) is 9.70. The van der Waals surface area contributed by atoms with Crippen molar-refractivity contribution >= 4 is 5.97 Å². The van der Waals surface area contributed by atoms with Crippen molar-refractivity contribution in [1.29, 1.82) is 5.26 Å². The fraction of sp³-hybridized carbons (Fsp3) is 0.818. The predicted molar refractivity (Wildman–Crippen MR) is 97.8 cm³/mol. The quantitative estimate of drug-likeness (QED) is 0.435. The Labute approximate surface area is 156 Å². The molecular weight excluding hydrogens is 326 g/mol. The number of ether oxygens (including phenoxy) is 1. The van der Waals surface area contributed by atoms with Crippen molar-refractivity contribution in [2.45, 2.75) is 83.8 Å². The highest BCUT2D eigenvalue weighted by molar-refractivity contribution is 5.66. The molecule has 4 heteroatoms. The molecule has 26 heavy (non-hydrogen) atoms. The molecule has 0 unspecified atom stereocenters. The average Bonchev–Trinajstić information content (AvgIpc) is 2.87. The average molecular weight is 357 g/mol. The number of allylic oxidation sites excluding steroid dienone is 1. The third-order valence-electron chi connectivity index (χ3n) is 8.73. The molecule has 0 radical (unpaired) electrons. The SMILES string of the molecule is CC(=O)O[C@@H]1CC[C@@]2(C)C(=CC[C@H]3[C@H]2CC[C@]2(C)[C@@H]3CC[C@@]2(O)C#N)C1. The third-order valence-corrected chi connectivity index (χ3v) is 8.73. The topological polar surface area (TPSA) is 70.3 Å². The Morgan fingerprint density at radius 1 is 1.23 bits per heavy atom. The summed E-state index contributed by atoms with van der Waals surface area (Å²) in [7, 11) is 0. The van der Waals surface area contributed by atoms with Crippen LogP contribution in [0.4, 0.5) is 0 Å². The third kappa shape index (κ3) is 2.32. The molecule has 0 bridgehead atoms. The van der Waals surface area contributed by atoms with Gasteiger partial charge < -0.3 is 9.84 Å². The van der Waals surface area contributed by atoms with Crippen LogP contribution in [0.5, 0.6) is 0 Å². The van der Waals surface area contributed by atoms with Gasteiger partial charge in [-0.2, -0.15) is 5.26 Å². The molecular formula is C22H31NO3. The number of esters is 1. The molecule has 1 N–H and O–H groups in total. The summed E-state index contributed by atoms with van der Waals surface area (Å²) >= 11 is 0. The van der Waals surface area contributed by atoms with Crippen LogP contribution >= 0.6 is 0 Å². The first kappa shape index (κ1) is 18.0. The van der Waals surface area contributed by atoms with Crippen LogP contribution < -0.4 is 0 Å². The number of fused-ring (bicyclic) bond motifs is 5. The van der Waals surface area contributed by atoms with Crippen molar-refractivity contribution in [3.05, 3.63) is 11.6 Å². The molecule has 7 atom stereocenters. The van der Waals surface area contributed by atoms with Crippen molar-refractivity contribution in [2.24, 2.45) is 28.6 Å². The van der Waals surface area contributed by atoms with Crippen molar-refractivity contribution in [1.82, 2.24) is 0 Å². The van der Waals surface area contributed by atoms with Crippen LogP contribution in [0.2, 0.25) is 0 Å². The van der Waals surface area contributed by atoms with Gasteiger partial charge in [0, 0.05) is 18.8 Å². The molecule has 0 aromatic rings. The maximum atomic E-state index is 11.3. The van der Waals surface area contributed by atoms with E-state index in [9.17, 15) is 15.2 Å². The van der Waals surface area contributed by atoms with Gasteiger partial charge in [-0.1, -0.05) is 25.5 Å². The molecule has 4 aliphatic rings. The van der Waals surface area contributed by atoms with Gasteiger partial charge in [-0.25, -0.2) is 0 Å². The summed E-state index contributed by atoms with van der Waals surface area (Å²) < 4.78 is 5.50. The summed E-state index contributed by atoms with van der Waals surface area (Å²) in [5.41, 5.74) is 0.252. The van der Waals surface area contributed by atoms with E-state index in [4.69, 9.17) is 4.74 Å². The van der Waals surface area contributed by atoms with Gasteiger partial charge in [-0.05, 0) is 68.1 Å². The van der Waals surface area contributed by atoms with Gasteiger partial charge in [0.1, 0.15) is 6.10 Å². The molecule has 0 aromatic heterocycles. The van der Waals surface area contributed by atoms with Gasteiger partial charge >= 0.3 is 5.97 Å². The Hall–Kier alpha value is -1.34. The fourth-order valence-electron chi connectivity index (χ4n) is 7.16. The molecule has 0 heterocycles. The lowest BCUT2D eigenvalue weighted by atomic mass is 9.47. The maximum Gasteiger partial charge on any atom is 0.302 e. The van der Waals surface area contributed by atoms with Crippen molar-refractivity contribution < 1.29 is 14.6 Å². The highest BCUT2D eigenvalue weighted by atomic mass is 16.5. The van der Waals surface area contributed by atoms with E-state index in [1.807, 2.05) is 0 Å². The maximum absolute atomic E-state index is 11.3. The molecule has 3 fully saturated rings. The van der Waals surface area contributed by atoms with E-state index in [0.717, 1.165) is 44.9 Å². The van der Waals surface area contributed by atoms with E-state index < -0.39 is 5.60 Å². The molecule has 0 aromatic carbocycles. The smallest absolute Gasteiger partial charge is 0.302 e. The first-order chi connectivity index (χ1) is 12.2. The monoisotopic (exact) mass is 357 g/mol. The number of carbonyl (C=O) groups excluding carboxylic acids is 1. The highest BCUT2D eigenvalue weighted by Crippen LogP contribution is 2.67. The van der Waals surface area contributed by atoms with Gasteiger partial charge in [0.05, 0.1) is 6.07 Å². The van der Waals surface area contributed by atoms with Crippen LogP contribution in [0.25, 0.3) is 0 Å². The Morgan fingerprint density at radius 2 is 1.96 bits per heavy atom. The van der Waals surface area contributed by atoms with Crippen LogP contribution in [0, 0.1) is 39.9 Å². The molecule has 4 nitrogen and oxygen atoms in total. The normalized spacial score (nSPS) is 49.9. The van der Waals surface area contributed by atoms with E-state index in [-0.39, 0.29) is 22.9 Å². The first-order valence-electron chi connectivity index (χ1n) is 10.2. The number of hydrogen-bond donors (Lipinski definition) is 1. The van der Waals surface area contributed by atoms with E-state index in [1.54, 1.807) is 0 Å².